The van der Waals surface area contributed by atoms with Crippen molar-refractivity contribution in [1.29, 1.82) is 0 Å². The normalized spacial score (nSPS) is 23.0. The van der Waals surface area contributed by atoms with Crippen LogP contribution in [0.4, 0.5) is 5.82 Å². The number of hydrogen-bond acceptors (Lipinski definition) is 11. The molecule has 0 aromatic carbocycles. The third kappa shape index (κ3) is 9.62. The van der Waals surface area contributed by atoms with E-state index in [4.69, 9.17) is 28.8 Å². The van der Waals surface area contributed by atoms with Gasteiger partial charge in [-0.1, -0.05) is 32.4 Å². The number of aromatic nitrogens is 4. The average molecular weight is 718 g/mol. The van der Waals surface area contributed by atoms with E-state index < -0.39 is 0 Å². The highest BCUT2D eigenvalue weighted by atomic mass is 35.5. The number of nitrogens with one attached hydrogen (secondary N) is 1. The van der Waals surface area contributed by atoms with Gasteiger partial charge in [-0.2, -0.15) is 0 Å². The van der Waals surface area contributed by atoms with Gasteiger partial charge in [-0.15, -0.1) is 22.7 Å². The van der Waals surface area contributed by atoms with Crippen molar-refractivity contribution in [2.75, 3.05) is 25.0 Å². The maximum Gasteiger partial charge on any atom is 0.141 e. The first-order valence-electron chi connectivity index (χ1n) is 18.2. The highest BCUT2D eigenvalue weighted by molar-refractivity contribution is 7.19. The van der Waals surface area contributed by atoms with Crippen molar-refractivity contribution in [3.63, 3.8) is 0 Å². The second-order valence-corrected chi connectivity index (χ2v) is 16.0. The van der Waals surface area contributed by atoms with E-state index in [0.717, 1.165) is 78.7 Å². The lowest BCUT2D eigenvalue weighted by Crippen LogP contribution is -2.33. The smallest absolute Gasteiger partial charge is 0.141 e. The summed E-state index contributed by atoms with van der Waals surface area (Å²) >= 11 is 9.65. The molecule has 4 aliphatic carbocycles. The second kappa shape index (κ2) is 18.3. The van der Waals surface area contributed by atoms with Gasteiger partial charge in [0, 0.05) is 35.3 Å². The average Bonchev–Trinajstić information content (AvgIpc) is 3.88. The Morgan fingerprint density at radius 3 is 1.65 bits per heavy atom. The minimum Gasteiger partial charge on any atom is -0.367 e. The lowest BCUT2D eigenvalue weighted by atomic mass is 9.92. The maximum absolute atomic E-state index is 6.04. The molecule has 0 saturated heterocycles. The van der Waals surface area contributed by atoms with Crippen LogP contribution in [0.2, 0.25) is 5.15 Å². The first-order chi connectivity index (χ1) is 23.3. The van der Waals surface area contributed by atoms with Crippen LogP contribution in [0.25, 0.3) is 20.4 Å². The van der Waals surface area contributed by atoms with Gasteiger partial charge in [0.1, 0.15) is 33.3 Å². The summed E-state index contributed by atoms with van der Waals surface area (Å²) in [5.41, 5.74) is 20.2. The molecular weight excluding hydrogens is 658 g/mol. The van der Waals surface area contributed by atoms with Gasteiger partial charge in [0.15, 0.2) is 0 Å². The fraction of sp³-hybridized carbons (Fsp3) is 0.667. The second-order valence-electron chi connectivity index (χ2n) is 13.5. The third-order valence-electron chi connectivity index (χ3n) is 10.2. The zero-order valence-electron chi connectivity index (χ0n) is 29.1. The van der Waals surface area contributed by atoms with Crippen LogP contribution in [0.3, 0.4) is 0 Å². The Morgan fingerprint density at radius 1 is 0.688 bits per heavy atom. The molecule has 48 heavy (non-hydrogen) atoms. The largest absolute Gasteiger partial charge is 0.367 e. The first kappa shape index (κ1) is 37.3. The number of hydrogen-bond donors (Lipinski definition) is 4. The Balaban J connectivity index is 0.000000161. The fourth-order valence-electron chi connectivity index (χ4n) is 7.20. The Morgan fingerprint density at radius 2 is 1.15 bits per heavy atom. The number of rotatable bonds is 5. The monoisotopic (exact) mass is 716 g/mol. The van der Waals surface area contributed by atoms with Crippen molar-refractivity contribution in [3.05, 3.63) is 38.7 Å². The van der Waals surface area contributed by atoms with E-state index in [-0.39, 0.29) is 1.43 Å². The molecule has 8 rings (SSSR count). The van der Waals surface area contributed by atoms with Crippen LogP contribution in [0.1, 0.15) is 107 Å². The van der Waals surface area contributed by atoms with Crippen molar-refractivity contribution in [2.45, 2.75) is 135 Å². The summed E-state index contributed by atoms with van der Waals surface area (Å²) in [6, 6.07) is 1.79. The van der Waals surface area contributed by atoms with E-state index in [1.165, 1.54) is 84.3 Å². The molecule has 0 unspecified atom stereocenters. The molecule has 0 atom stereocenters. The first-order valence-corrected chi connectivity index (χ1v) is 20.2. The molecule has 7 N–H and O–H groups in total. The number of aryl methyl sites for hydroxylation is 4. The van der Waals surface area contributed by atoms with E-state index >= 15 is 0 Å². The molecule has 2 fully saturated rings. The molecular formula is C36H58ClN9S2. The van der Waals surface area contributed by atoms with Crippen LogP contribution < -0.4 is 22.5 Å². The predicted molar refractivity (Wildman–Crippen MR) is 208 cm³/mol. The van der Waals surface area contributed by atoms with Crippen molar-refractivity contribution in [1.82, 2.24) is 24.8 Å². The molecule has 2 saturated carbocycles. The number of nitrogens with two attached hydrogens (primary N) is 3. The van der Waals surface area contributed by atoms with Crippen molar-refractivity contribution in [3.8, 4) is 0 Å². The number of anilines is 1. The number of thiophene rings is 2. The standard InChI is InChI=1S/C15H20N4S.C9H7ClN2S.C6H14N2.C6H15N.H2/c16-9-4-6-10(7-5-9)19-14-13-11-2-1-3-12(11)20-15(13)18-8-17-14;10-8-7-5-2-1-3-6(5)13-9(7)12-4-11-8;7-5-1-2-6(8)4-3-5;1-4-7(5-2)6-3;/h8-10H,1-7,16H2,(H,17,18,19);4H,1-3H2;5-6H,1-4,7-8H2;4-6H2,1-3H3;1H/i;;;;1+1. The summed E-state index contributed by atoms with van der Waals surface area (Å²) in [7, 11) is 0. The fourth-order valence-corrected chi connectivity index (χ4v) is 9.96. The van der Waals surface area contributed by atoms with Crippen molar-refractivity contribution < 1.29 is 1.43 Å². The van der Waals surface area contributed by atoms with E-state index in [0.29, 0.717) is 29.3 Å². The number of nitrogens with zero attached hydrogens (tertiary/aromatic N) is 5. The van der Waals surface area contributed by atoms with Gasteiger partial charge in [0.2, 0.25) is 0 Å². The summed E-state index contributed by atoms with van der Waals surface area (Å²) < 4.78 is 0. The van der Waals surface area contributed by atoms with Crippen molar-refractivity contribution >= 4 is 60.5 Å². The third-order valence-corrected chi connectivity index (χ3v) is 12.9. The minimum atomic E-state index is 0. The van der Waals surface area contributed by atoms with Crippen LogP contribution in [-0.4, -0.2) is 68.6 Å². The van der Waals surface area contributed by atoms with Crippen LogP contribution in [0, 0.1) is 0 Å². The summed E-state index contributed by atoms with van der Waals surface area (Å²) in [5.74, 6) is 1.05. The lowest BCUT2D eigenvalue weighted by molar-refractivity contribution is 0.321. The van der Waals surface area contributed by atoms with E-state index in [1.54, 1.807) is 17.7 Å². The zero-order chi connectivity index (χ0) is 34.0. The minimum absolute atomic E-state index is 0. The predicted octanol–water partition coefficient (Wildman–Crippen LogP) is 7.50. The molecule has 0 amide bonds. The van der Waals surface area contributed by atoms with Crippen LogP contribution in [0.5, 0.6) is 0 Å². The topological polar surface area (TPSA) is 145 Å². The Hall–Kier alpha value is -1.99. The number of fused-ring (bicyclic) bond motifs is 6. The van der Waals surface area contributed by atoms with Crippen LogP contribution in [-0.2, 0) is 25.7 Å². The van der Waals surface area contributed by atoms with E-state index in [2.05, 4.69) is 50.9 Å². The summed E-state index contributed by atoms with van der Waals surface area (Å²) in [5, 5.41) is 6.67. The molecule has 4 aromatic rings. The van der Waals surface area contributed by atoms with E-state index in [1.807, 2.05) is 11.3 Å². The molecule has 0 spiro atoms. The van der Waals surface area contributed by atoms with Gasteiger partial charge < -0.3 is 27.4 Å². The molecule has 12 heteroatoms. The van der Waals surface area contributed by atoms with Crippen LogP contribution >= 0.6 is 34.3 Å². The molecule has 4 heterocycles. The van der Waals surface area contributed by atoms with Gasteiger partial charge in [-0.25, -0.2) is 19.9 Å². The van der Waals surface area contributed by atoms with Gasteiger partial charge in [0.25, 0.3) is 0 Å². The molecule has 9 nitrogen and oxygen atoms in total. The Labute approximate surface area is 301 Å². The highest BCUT2D eigenvalue weighted by Gasteiger charge is 2.24. The SMILES string of the molecule is CCN(CC)CC.Clc1ncnc2sc3c(c12)CCC3.NC1CCC(N)CC1.NC1CCC(Nc2ncnc3sc4c(c23)CCC4)CC1.[2HH]. The van der Waals surface area contributed by atoms with Crippen LogP contribution in [0.15, 0.2) is 12.7 Å². The molecule has 266 valence electrons. The molecule has 4 aromatic heterocycles. The zero-order valence-corrected chi connectivity index (χ0v) is 31.5. The lowest BCUT2D eigenvalue weighted by Gasteiger charge is -2.27. The summed E-state index contributed by atoms with van der Waals surface area (Å²) in [6.07, 6.45) is 19.5. The van der Waals surface area contributed by atoms with Gasteiger partial charge in [-0.05, 0) is 121 Å². The molecule has 0 aliphatic heterocycles. The molecule has 0 bridgehead atoms. The summed E-state index contributed by atoms with van der Waals surface area (Å²) in [4.78, 5) is 24.8. The maximum atomic E-state index is 6.04. The van der Waals surface area contributed by atoms with Gasteiger partial charge in [0.05, 0.1) is 10.8 Å². The summed E-state index contributed by atoms with van der Waals surface area (Å²) in [6.45, 7) is 10.1. The van der Waals surface area contributed by atoms with Crippen molar-refractivity contribution in [2.24, 2.45) is 17.2 Å². The van der Waals surface area contributed by atoms with Gasteiger partial charge in [-0.3, -0.25) is 0 Å². The molecule has 4 aliphatic rings. The highest BCUT2D eigenvalue weighted by Crippen LogP contribution is 2.40. The van der Waals surface area contributed by atoms with E-state index in [9.17, 15) is 0 Å². The Bertz CT molecular complexity index is 1560. The van der Waals surface area contributed by atoms with Gasteiger partial charge >= 0.3 is 0 Å². The molecule has 0 radical (unpaired) electrons. The Kier molecular flexibility index (Phi) is 14.2. The number of halogens is 1. The quantitative estimate of drug-likeness (QED) is 0.154.